The summed E-state index contributed by atoms with van der Waals surface area (Å²) in [7, 11) is 3.62. The molecule has 1 atom stereocenters. The van der Waals surface area contributed by atoms with E-state index in [4.69, 9.17) is 9.84 Å². The molecule has 1 rings (SSSR count). The highest BCUT2D eigenvalue weighted by atomic mass is 16.5. The molecular weight excluding hydrogens is 242 g/mol. The van der Waals surface area contributed by atoms with Crippen LogP contribution < -0.4 is 4.74 Å². The summed E-state index contributed by atoms with van der Waals surface area (Å²) in [5.41, 5.74) is 1.23. The van der Waals surface area contributed by atoms with Crippen LogP contribution in [0.1, 0.15) is 18.9 Å². The van der Waals surface area contributed by atoms with Crippen molar-refractivity contribution in [2.24, 2.45) is 5.92 Å². The molecule has 4 heteroatoms. The van der Waals surface area contributed by atoms with Crippen molar-refractivity contribution in [3.8, 4) is 5.75 Å². The maximum atomic E-state index is 11.0. The standard InChI is InChI=1S/C15H23NO3/c1-4-13(15(17)18)11-16(2)10-9-12-5-7-14(19-3)8-6-12/h5-8,13H,4,9-11H2,1-3H3,(H,17,18). The number of carboxylic acid groups (broad SMARTS) is 1. The van der Waals surface area contributed by atoms with Gasteiger partial charge in [0.25, 0.3) is 0 Å². The van der Waals surface area contributed by atoms with Crippen LogP contribution in [0.25, 0.3) is 0 Å². The van der Waals surface area contributed by atoms with Crippen LogP contribution in [-0.4, -0.2) is 43.2 Å². The summed E-state index contributed by atoms with van der Waals surface area (Å²) in [6.07, 6.45) is 1.58. The molecule has 0 saturated carbocycles. The van der Waals surface area contributed by atoms with Gasteiger partial charge in [0.15, 0.2) is 0 Å². The summed E-state index contributed by atoms with van der Waals surface area (Å²) >= 11 is 0. The van der Waals surface area contributed by atoms with Crippen LogP contribution in [0.2, 0.25) is 0 Å². The quantitative estimate of drug-likeness (QED) is 0.783. The average Bonchev–Trinajstić information content (AvgIpc) is 2.42. The lowest BCUT2D eigenvalue weighted by Gasteiger charge is -2.20. The molecule has 0 fully saturated rings. The number of hydrogen-bond acceptors (Lipinski definition) is 3. The van der Waals surface area contributed by atoms with Crippen molar-refractivity contribution in [2.45, 2.75) is 19.8 Å². The van der Waals surface area contributed by atoms with Crippen LogP contribution >= 0.6 is 0 Å². The van der Waals surface area contributed by atoms with Crippen molar-refractivity contribution in [1.29, 1.82) is 0 Å². The van der Waals surface area contributed by atoms with Crippen LogP contribution in [-0.2, 0) is 11.2 Å². The zero-order chi connectivity index (χ0) is 14.3. The summed E-state index contributed by atoms with van der Waals surface area (Å²) in [5.74, 6) is -0.131. The van der Waals surface area contributed by atoms with Gasteiger partial charge in [0.2, 0.25) is 0 Å². The monoisotopic (exact) mass is 265 g/mol. The van der Waals surface area contributed by atoms with Crippen molar-refractivity contribution in [1.82, 2.24) is 4.90 Å². The van der Waals surface area contributed by atoms with Crippen LogP contribution in [0.15, 0.2) is 24.3 Å². The Morgan fingerprint density at radius 3 is 2.47 bits per heavy atom. The Morgan fingerprint density at radius 1 is 1.37 bits per heavy atom. The largest absolute Gasteiger partial charge is 0.497 e. The van der Waals surface area contributed by atoms with E-state index in [0.717, 1.165) is 18.7 Å². The van der Waals surface area contributed by atoms with Gasteiger partial charge in [-0.1, -0.05) is 19.1 Å². The molecule has 0 spiro atoms. The van der Waals surface area contributed by atoms with E-state index < -0.39 is 5.97 Å². The van der Waals surface area contributed by atoms with Gasteiger partial charge in [0.1, 0.15) is 5.75 Å². The van der Waals surface area contributed by atoms with Crippen molar-refractivity contribution >= 4 is 5.97 Å². The van der Waals surface area contributed by atoms with Gasteiger partial charge in [-0.05, 0) is 37.6 Å². The summed E-state index contributed by atoms with van der Waals surface area (Å²) < 4.78 is 5.11. The number of hydrogen-bond donors (Lipinski definition) is 1. The first-order valence-corrected chi connectivity index (χ1v) is 6.61. The van der Waals surface area contributed by atoms with Gasteiger partial charge in [-0.25, -0.2) is 0 Å². The molecule has 0 aromatic heterocycles. The summed E-state index contributed by atoms with van der Waals surface area (Å²) in [6.45, 7) is 3.37. The van der Waals surface area contributed by atoms with Crippen molar-refractivity contribution in [3.63, 3.8) is 0 Å². The fourth-order valence-electron chi connectivity index (χ4n) is 1.96. The normalized spacial score (nSPS) is 12.4. The number of aliphatic carboxylic acids is 1. The van der Waals surface area contributed by atoms with E-state index in [1.54, 1.807) is 7.11 Å². The van der Waals surface area contributed by atoms with E-state index in [1.807, 2.05) is 38.2 Å². The summed E-state index contributed by atoms with van der Waals surface area (Å²) in [4.78, 5) is 13.0. The van der Waals surface area contributed by atoms with Gasteiger partial charge in [-0.15, -0.1) is 0 Å². The Morgan fingerprint density at radius 2 is 2.00 bits per heavy atom. The summed E-state index contributed by atoms with van der Waals surface area (Å²) in [6, 6.07) is 7.98. The smallest absolute Gasteiger partial charge is 0.307 e. The van der Waals surface area contributed by atoms with Gasteiger partial charge < -0.3 is 14.7 Å². The van der Waals surface area contributed by atoms with Gasteiger partial charge >= 0.3 is 5.97 Å². The second-order valence-electron chi connectivity index (χ2n) is 4.80. The van der Waals surface area contributed by atoms with Crippen molar-refractivity contribution in [2.75, 3.05) is 27.2 Å². The van der Waals surface area contributed by atoms with Crippen LogP contribution in [0.3, 0.4) is 0 Å². The molecule has 1 unspecified atom stereocenters. The number of carbonyl (C=O) groups is 1. The second kappa shape index (κ2) is 7.79. The van der Waals surface area contributed by atoms with E-state index >= 15 is 0 Å². The topological polar surface area (TPSA) is 49.8 Å². The first-order valence-electron chi connectivity index (χ1n) is 6.61. The lowest BCUT2D eigenvalue weighted by molar-refractivity contribution is -0.142. The molecule has 0 heterocycles. The highest BCUT2D eigenvalue weighted by Gasteiger charge is 2.16. The highest BCUT2D eigenvalue weighted by molar-refractivity contribution is 5.70. The lowest BCUT2D eigenvalue weighted by Crippen LogP contribution is -2.31. The minimum atomic E-state index is -0.709. The van der Waals surface area contributed by atoms with Gasteiger partial charge in [0.05, 0.1) is 13.0 Å². The third kappa shape index (κ3) is 5.30. The van der Waals surface area contributed by atoms with Gasteiger partial charge in [-0.2, -0.15) is 0 Å². The Kier molecular flexibility index (Phi) is 6.36. The maximum absolute atomic E-state index is 11.0. The molecule has 0 radical (unpaired) electrons. The van der Waals surface area contributed by atoms with Crippen LogP contribution in [0, 0.1) is 5.92 Å². The molecule has 0 amide bonds. The number of likely N-dealkylation sites (N-methyl/N-ethyl adjacent to an activating group) is 1. The SMILES string of the molecule is CCC(CN(C)CCc1ccc(OC)cc1)C(=O)O. The Labute approximate surface area is 115 Å². The molecule has 1 N–H and O–H groups in total. The minimum Gasteiger partial charge on any atom is -0.497 e. The molecule has 0 saturated heterocycles. The lowest BCUT2D eigenvalue weighted by atomic mass is 10.1. The third-order valence-corrected chi connectivity index (χ3v) is 3.32. The first-order chi connectivity index (χ1) is 9.06. The number of carboxylic acids is 1. The molecule has 1 aromatic rings. The Balaban J connectivity index is 2.40. The number of nitrogens with zero attached hydrogens (tertiary/aromatic N) is 1. The fourth-order valence-corrected chi connectivity index (χ4v) is 1.96. The Hall–Kier alpha value is -1.55. The van der Waals surface area contributed by atoms with Gasteiger partial charge in [-0.3, -0.25) is 4.79 Å². The molecule has 0 aliphatic carbocycles. The summed E-state index contributed by atoms with van der Waals surface area (Å²) in [5, 5.41) is 9.02. The molecule has 0 aliphatic rings. The number of ether oxygens (including phenoxy) is 1. The maximum Gasteiger partial charge on any atom is 0.307 e. The molecule has 1 aromatic carbocycles. The van der Waals surface area contributed by atoms with E-state index in [1.165, 1.54) is 5.56 Å². The molecule has 0 aliphatic heterocycles. The zero-order valence-electron chi connectivity index (χ0n) is 11.9. The van der Waals surface area contributed by atoms with E-state index in [0.29, 0.717) is 13.0 Å². The number of benzene rings is 1. The van der Waals surface area contributed by atoms with E-state index in [9.17, 15) is 4.79 Å². The van der Waals surface area contributed by atoms with E-state index in [2.05, 4.69) is 4.90 Å². The Bertz CT molecular complexity index is 389. The zero-order valence-corrected chi connectivity index (χ0v) is 11.9. The molecular formula is C15H23NO3. The van der Waals surface area contributed by atoms with Crippen LogP contribution in [0.5, 0.6) is 5.75 Å². The molecule has 19 heavy (non-hydrogen) atoms. The second-order valence-corrected chi connectivity index (χ2v) is 4.80. The molecule has 106 valence electrons. The first kappa shape index (κ1) is 15.5. The fraction of sp³-hybridized carbons (Fsp3) is 0.533. The molecule has 4 nitrogen and oxygen atoms in total. The number of methoxy groups -OCH3 is 1. The van der Waals surface area contributed by atoms with Crippen molar-refractivity contribution in [3.05, 3.63) is 29.8 Å². The van der Waals surface area contributed by atoms with E-state index in [-0.39, 0.29) is 5.92 Å². The minimum absolute atomic E-state index is 0.277. The van der Waals surface area contributed by atoms with Crippen molar-refractivity contribution < 1.29 is 14.6 Å². The van der Waals surface area contributed by atoms with Gasteiger partial charge in [0, 0.05) is 13.1 Å². The predicted octanol–water partition coefficient (Wildman–Crippen LogP) is 2.28. The average molecular weight is 265 g/mol. The number of rotatable bonds is 8. The van der Waals surface area contributed by atoms with Crippen LogP contribution in [0.4, 0.5) is 0 Å². The highest BCUT2D eigenvalue weighted by Crippen LogP contribution is 2.12. The predicted molar refractivity (Wildman–Crippen MR) is 75.6 cm³/mol. The third-order valence-electron chi connectivity index (χ3n) is 3.32. The molecule has 0 bridgehead atoms.